The van der Waals surface area contributed by atoms with E-state index in [1.807, 2.05) is 25.1 Å². The third-order valence-corrected chi connectivity index (χ3v) is 7.12. The topological polar surface area (TPSA) is 92.8 Å². The van der Waals surface area contributed by atoms with Gasteiger partial charge in [0.2, 0.25) is 11.8 Å². The molecule has 1 saturated heterocycles. The first-order chi connectivity index (χ1) is 15.8. The lowest BCUT2D eigenvalue weighted by molar-refractivity contribution is -0.123. The molecule has 0 radical (unpaired) electrons. The van der Waals surface area contributed by atoms with Gasteiger partial charge in [-0.25, -0.2) is 4.79 Å². The third-order valence-electron chi connectivity index (χ3n) is 6.63. The van der Waals surface area contributed by atoms with E-state index >= 15 is 0 Å². The van der Waals surface area contributed by atoms with Crippen LogP contribution in [0, 0.1) is 30.6 Å². The van der Waals surface area contributed by atoms with Crippen molar-refractivity contribution in [3.05, 3.63) is 70.2 Å². The van der Waals surface area contributed by atoms with Crippen LogP contribution in [0.3, 0.4) is 0 Å². The summed E-state index contributed by atoms with van der Waals surface area (Å²) in [6.07, 6.45) is 4.97. The van der Waals surface area contributed by atoms with Crippen molar-refractivity contribution in [3.8, 4) is 0 Å². The minimum absolute atomic E-state index is 0.142. The zero-order valence-electron chi connectivity index (χ0n) is 17.8. The molecular formula is C25H21BrN2O5. The van der Waals surface area contributed by atoms with E-state index < -0.39 is 18.5 Å². The number of allylic oxidation sites excluding steroid dienone is 2. The van der Waals surface area contributed by atoms with E-state index in [0.717, 1.165) is 16.5 Å². The van der Waals surface area contributed by atoms with Crippen LogP contribution in [0.5, 0.6) is 0 Å². The van der Waals surface area contributed by atoms with Crippen LogP contribution in [-0.4, -0.2) is 30.3 Å². The monoisotopic (exact) mass is 508 g/mol. The number of fused-ring (bicyclic) bond motifs is 5. The Morgan fingerprint density at radius 2 is 1.67 bits per heavy atom. The number of aryl methyl sites for hydroxylation is 1. The Morgan fingerprint density at radius 1 is 1.03 bits per heavy atom. The molecule has 3 aliphatic rings. The highest BCUT2D eigenvalue weighted by Gasteiger charge is 2.59. The molecule has 0 spiro atoms. The molecule has 2 aromatic carbocycles. The van der Waals surface area contributed by atoms with Gasteiger partial charge < -0.3 is 10.1 Å². The molecule has 1 N–H and O–H groups in total. The van der Waals surface area contributed by atoms with Crippen molar-refractivity contribution < 1.29 is 23.9 Å². The Morgan fingerprint density at radius 3 is 2.27 bits per heavy atom. The summed E-state index contributed by atoms with van der Waals surface area (Å²) in [6, 6.07) is 11.6. The number of hydrogen-bond acceptors (Lipinski definition) is 5. The molecule has 0 aromatic heterocycles. The maximum absolute atomic E-state index is 12.9. The quantitative estimate of drug-likeness (QED) is 0.376. The molecule has 1 saturated carbocycles. The Balaban J connectivity index is 1.20. The normalized spacial score (nSPS) is 24.8. The number of hydrogen-bond donors (Lipinski definition) is 1. The van der Waals surface area contributed by atoms with Gasteiger partial charge in [0.25, 0.3) is 5.91 Å². The van der Waals surface area contributed by atoms with Crippen molar-refractivity contribution in [3.63, 3.8) is 0 Å². The number of carbonyl (C=O) groups is 4. The van der Waals surface area contributed by atoms with Crippen LogP contribution < -0.4 is 10.2 Å². The van der Waals surface area contributed by atoms with Crippen molar-refractivity contribution in [2.45, 2.75) is 13.3 Å². The summed E-state index contributed by atoms with van der Waals surface area (Å²) in [6.45, 7) is 1.43. The number of anilines is 2. The van der Waals surface area contributed by atoms with Gasteiger partial charge in [0, 0.05) is 10.2 Å². The number of halogens is 1. The van der Waals surface area contributed by atoms with Gasteiger partial charge in [-0.15, -0.1) is 0 Å². The van der Waals surface area contributed by atoms with E-state index in [1.54, 1.807) is 24.3 Å². The number of nitrogens with zero attached hydrogens (tertiary/aromatic N) is 1. The van der Waals surface area contributed by atoms with Gasteiger partial charge in [0.05, 0.1) is 23.1 Å². The van der Waals surface area contributed by atoms with Crippen LogP contribution in [0.25, 0.3) is 0 Å². The smallest absolute Gasteiger partial charge is 0.338 e. The summed E-state index contributed by atoms with van der Waals surface area (Å²) in [5.74, 6) is -1.72. The number of esters is 1. The maximum Gasteiger partial charge on any atom is 0.338 e. The molecule has 4 atom stereocenters. The number of benzene rings is 2. The molecule has 8 heteroatoms. The largest absolute Gasteiger partial charge is 0.452 e. The summed E-state index contributed by atoms with van der Waals surface area (Å²) in [7, 11) is 0. The summed E-state index contributed by atoms with van der Waals surface area (Å²) < 4.78 is 6.01. The SMILES string of the molecule is Cc1cc(Br)ccc1NC(=O)COC(=O)c1ccc(N2C(=O)[C@@H]3[C@H](C2=O)[C@H]2C=C[C@H]3C2)cc1. The molecule has 33 heavy (non-hydrogen) atoms. The van der Waals surface area contributed by atoms with Crippen LogP contribution in [0.15, 0.2) is 59.1 Å². The summed E-state index contributed by atoms with van der Waals surface area (Å²) in [5, 5.41) is 2.71. The molecule has 2 bridgehead atoms. The number of ether oxygens (including phenoxy) is 1. The Hall–Kier alpha value is -3.26. The van der Waals surface area contributed by atoms with Gasteiger partial charge in [-0.05, 0) is 73.2 Å². The van der Waals surface area contributed by atoms with E-state index in [0.29, 0.717) is 11.4 Å². The first-order valence-corrected chi connectivity index (χ1v) is 11.5. The summed E-state index contributed by atoms with van der Waals surface area (Å²) in [5.41, 5.74) is 2.18. The van der Waals surface area contributed by atoms with Crippen LogP contribution in [0.1, 0.15) is 22.3 Å². The maximum atomic E-state index is 12.9. The van der Waals surface area contributed by atoms with Crippen molar-refractivity contribution in [2.75, 3.05) is 16.8 Å². The van der Waals surface area contributed by atoms with Gasteiger partial charge in [-0.2, -0.15) is 0 Å². The average molecular weight is 509 g/mol. The molecule has 2 aromatic rings. The molecule has 2 fully saturated rings. The molecule has 1 heterocycles. The van der Waals surface area contributed by atoms with Crippen LogP contribution in [0.4, 0.5) is 11.4 Å². The first-order valence-electron chi connectivity index (χ1n) is 10.7. The highest BCUT2D eigenvalue weighted by molar-refractivity contribution is 9.10. The van der Waals surface area contributed by atoms with E-state index in [-0.39, 0.29) is 41.0 Å². The molecule has 5 rings (SSSR count). The molecular weight excluding hydrogens is 488 g/mol. The minimum atomic E-state index is -0.664. The average Bonchev–Trinajstić information content (AvgIpc) is 3.48. The van der Waals surface area contributed by atoms with E-state index in [4.69, 9.17) is 4.74 Å². The van der Waals surface area contributed by atoms with Crippen LogP contribution >= 0.6 is 15.9 Å². The van der Waals surface area contributed by atoms with Crippen molar-refractivity contribution in [1.29, 1.82) is 0 Å². The summed E-state index contributed by atoms with van der Waals surface area (Å²) in [4.78, 5) is 51.6. The Bertz CT molecular complexity index is 1180. The molecule has 3 amide bonds. The Kier molecular flexibility index (Phi) is 5.40. The number of nitrogens with one attached hydrogen (secondary N) is 1. The predicted octanol–water partition coefficient (Wildman–Crippen LogP) is 3.86. The molecule has 168 valence electrons. The molecule has 2 aliphatic carbocycles. The van der Waals surface area contributed by atoms with E-state index in [2.05, 4.69) is 21.2 Å². The molecule has 0 unspecified atom stereocenters. The van der Waals surface area contributed by atoms with E-state index in [9.17, 15) is 19.2 Å². The van der Waals surface area contributed by atoms with Crippen molar-refractivity contribution in [1.82, 2.24) is 0 Å². The second-order valence-corrected chi connectivity index (χ2v) is 9.56. The van der Waals surface area contributed by atoms with Gasteiger partial charge >= 0.3 is 5.97 Å². The highest BCUT2D eigenvalue weighted by Crippen LogP contribution is 2.53. The van der Waals surface area contributed by atoms with Crippen LogP contribution in [-0.2, 0) is 19.1 Å². The lowest BCUT2D eigenvalue weighted by atomic mass is 9.85. The summed E-state index contributed by atoms with van der Waals surface area (Å²) >= 11 is 3.37. The van der Waals surface area contributed by atoms with Crippen molar-refractivity contribution >= 4 is 51.0 Å². The number of carbonyl (C=O) groups excluding carboxylic acids is 4. The minimum Gasteiger partial charge on any atom is -0.452 e. The third kappa shape index (κ3) is 3.78. The number of imide groups is 1. The highest BCUT2D eigenvalue weighted by atomic mass is 79.9. The molecule has 1 aliphatic heterocycles. The first kappa shape index (κ1) is 21.6. The second-order valence-electron chi connectivity index (χ2n) is 8.64. The fourth-order valence-corrected chi connectivity index (χ4v) is 5.55. The van der Waals surface area contributed by atoms with Crippen LogP contribution in [0.2, 0.25) is 0 Å². The Labute approximate surface area is 198 Å². The number of amides is 3. The van der Waals surface area contributed by atoms with E-state index in [1.165, 1.54) is 17.0 Å². The lowest BCUT2D eigenvalue weighted by Crippen LogP contribution is -2.32. The second kappa shape index (κ2) is 8.26. The standard InChI is InChI=1S/C25H21BrN2O5/c1-13-10-17(26)6-9-19(13)27-20(29)12-33-25(32)14-4-7-18(8-5-14)28-23(30)21-15-2-3-16(11-15)22(21)24(28)31/h2-10,15-16,21-22H,11-12H2,1H3,(H,27,29)/t15-,16-,21-,22+/m0/s1. The van der Waals surface area contributed by atoms with Gasteiger partial charge in [0.1, 0.15) is 0 Å². The van der Waals surface area contributed by atoms with Gasteiger partial charge in [-0.1, -0.05) is 28.1 Å². The van der Waals surface area contributed by atoms with Crippen molar-refractivity contribution in [2.24, 2.45) is 23.7 Å². The fourth-order valence-electron chi connectivity index (χ4n) is 5.07. The van der Waals surface area contributed by atoms with Gasteiger partial charge in [0.15, 0.2) is 6.61 Å². The predicted molar refractivity (Wildman–Crippen MR) is 124 cm³/mol. The lowest BCUT2D eigenvalue weighted by Gasteiger charge is -2.17. The van der Waals surface area contributed by atoms with Gasteiger partial charge in [-0.3, -0.25) is 19.3 Å². The fraction of sp³-hybridized carbons (Fsp3) is 0.280. The molecule has 7 nitrogen and oxygen atoms in total. The zero-order valence-corrected chi connectivity index (χ0v) is 19.4. The number of rotatable bonds is 5. The zero-order chi connectivity index (χ0) is 23.3.